The van der Waals surface area contributed by atoms with Crippen molar-refractivity contribution >= 4 is 27.6 Å². The number of carbonyl (C=O) groups excluding carboxylic acids is 1. The summed E-state index contributed by atoms with van der Waals surface area (Å²) in [5, 5.41) is 3.90. The van der Waals surface area contributed by atoms with E-state index in [2.05, 4.69) is 16.4 Å². The van der Waals surface area contributed by atoms with Gasteiger partial charge in [-0.05, 0) is 25.0 Å². The highest BCUT2D eigenvalue weighted by molar-refractivity contribution is 7.18. The topological polar surface area (TPSA) is 45.2 Å². The molecule has 0 bridgehead atoms. The molecule has 0 atom stereocenters. The number of aromatic nitrogens is 1. The summed E-state index contributed by atoms with van der Waals surface area (Å²) >= 11 is 1.64. The number of fused-ring (bicyclic) bond motifs is 1. The normalized spacial score (nSPS) is 15.2. The lowest BCUT2D eigenvalue weighted by Crippen LogP contribution is -2.37. The second-order valence-corrected chi connectivity index (χ2v) is 5.54. The van der Waals surface area contributed by atoms with Gasteiger partial charge in [0.1, 0.15) is 5.01 Å². The van der Waals surface area contributed by atoms with E-state index >= 15 is 0 Å². The number of hydrogen-bond acceptors (Lipinski definition) is 3. The Morgan fingerprint density at radius 2 is 2.11 bits per heavy atom. The standard InChI is InChI=1S/C13H15N3OS/c17-13(16-7-3-4-8-16)14-9-12-15-10-5-1-2-6-11(10)18-12/h1-2,5-6H,3-4,7-9H2,(H,14,17). The van der Waals surface area contributed by atoms with Crippen LogP contribution >= 0.6 is 11.3 Å². The van der Waals surface area contributed by atoms with Gasteiger partial charge in [-0.3, -0.25) is 0 Å². The van der Waals surface area contributed by atoms with Gasteiger partial charge in [0.05, 0.1) is 16.8 Å². The van der Waals surface area contributed by atoms with Crippen LogP contribution in [0.3, 0.4) is 0 Å². The maximum atomic E-state index is 11.8. The number of rotatable bonds is 2. The molecule has 0 spiro atoms. The fourth-order valence-electron chi connectivity index (χ4n) is 2.18. The van der Waals surface area contributed by atoms with E-state index in [0.717, 1.165) is 36.5 Å². The molecule has 0 aliphatic carbocycles. The molecule has 1 aliphatic rings. The number of para-hydroxylation sites is 1. The quantitative estimate of drug-likeness (QED) is 0.903. The zero-order valence-corrected chi connectivity index (χ0v) is 10.9. The summed E-state index contributed by atoms with van der Waals surface area (Å²) in [7, 11) is 0. The molecule has 1 aromatic carbocycles. The Morgan fingerprint density at radius 3 is 2.89 bits per heavy atom. The first-order valence-electron chi connectivity index (χ1n) is 6.20. The molecule has 1 aliphatic heterocycles. The van der Waals surface area contributed by atoms with E-state index in [4.69, 9.17) is 0 Å². The summed E-state index contributed by atoms with van der Waals surface area (Å²) in [6, 6.07) is 8.07. The number of amides is 2. The monoisotopic (exact) mass is 261 g/mol. The highest BCUT2D eigenvalue weighted by Crippen LogP contribution is 2.21. The molecule has 2 aromatic rings. The van der Waals surface area contributed by atoms with Gasteiger partial charge in [-0.15, -0.1) is 11.3 Å². The van der Waals surface area contributed by atoms with Gasteiger partial charge in [-0.25, -0.2) is 9.78 Å². The molecule has 0 unspecified atom stereocenters. The van der Waals surface area contributed by atoms with Gasteiger partial charge < -0.3 is 10.2 Å². The van der Waals surface area contributed by atoms with Crippen LogP contribution in [0.1, 0.15) is 17.8 Å². The first kappa shape index (κ1) is 11.5. The van der Waals surface area contributed by atoms with Crippen LogP contribution in [0.15, 0.2) is 24.3 Å². The van der Waals surface area contributed by atoms with Crippen molar-refractivity contribution in [1.82, 2.24) is 15.2 Å². The summed E-state index contributed by atoms with van der Waals surface area (Å²) in [5.74, 6) is 0. The minimum absolute atomic E-state index is 0.0340. The van der Waals surface area contributed by atoms with E-state index < -0.39 is 0 Å². The smallest absolute Gasteiger partial charge is 0.317 e. The Morgan fingerprint density at radius 1 is 1.33 bits per heavy atom. The van der Waals surface area contributed by atoms with E-state index in [-0.39, 0.29) is 6.03 Å². The maximum Gasteiger partial charge on any atom is 0.317 e. The van der Waals surface area contributed by atoms with Crippen LogP contribution in [0.25, 0.3) is 10.2 Å². The zero-order valence-electron chi connectivity index (χ0n) is 10.1. The van der Waals surface area contributed by atoms with Crippen molar-refractivity contribution in [2.75, 3.05) is 13.1 Å². The van der Waals surface area contributed by atoms with Gasteiger partial charge in [0.15, 0.2) is 0 Å². The summed E-state index contributed by atoms with van der Waals surface area (Å²) in [4.78, 5) is 18.2. The van der Waals surface area contributed by atoms with Crippen LogP contribution in [-0.2, 0) is 6.54 Å². The average molecular weight is 261 g/mol. The number of hydrogen-bond donors (Lipinski definition) is 1. The Balaban J connectivity index is 1.63. The summed E-state index contributed by atoms with van der Waals surface area (Å²) in [6.45, 7) is 2.28. The summed E-state index contributed by atoms with van der Waals surface area (Å²) in [5.41, 5.74) is 1.01. The van der Waals surface area contributed by atoms with E-state index in [9.17, 15) is 4.79 Å². The number of nitrogens with zero attached hydrogens (tertiary/aromatic N) is 2. The lowest BCUT2D eigenvalue weighted by Gasteiger charge is -2.15. The second-order valence-electron chi connectivity index (χ2n) is 4.43. The van der Waals surface area contributed by atoms with Crippen molar-refractivity contribution in [1.29, 1.82) is 0 Å². The van der Waals surface area contributed by atoms with Crippen LogP contribution in [0.2, 0.25) is 0 Å². The second kappa shape index (κ2) is 4.94. The number of thiazole rings is 1. The number of nitrogens with one attached hydrogen (secondary N) is 1. The van der Waals surface area contributed by atoms with E-state index in [1.807, 2.05) is 23.1 Å². The largest absolute Gasteiger partial charge is 0.331 e. The first-order chi connectivity index (χ1) is 8.83. The number of carbonyl (C=O) groups is 1. The minimum Gasteiger partial charge on any atom is -0.331 e. The molecule has 2 amide bonds. The predicted molar refractivity (Wildman–Crippen MR) is 72.7 cm³/mol. The maximum absolute atomic E-state index is 11.8. The van der Waals surface area contributed by atoms with Gasteiger partial charge in [0, 0.05) is 13.1 Å². The van der Waals surface area contributed by atoms with Crippen molar-refractivity contribution < 1.29 is 4.79 Å². The molecule has 5 heteroatoms. The Hall–Kier alpha value is -1.62. The number of likely N-dealkylation sites (tertiary alicyclic amines) is 1. The number of urea groups is 1. The molecule has 2 heterocycles. The molecule has 1 saturated heterocycles. The zero-order chi connectivity index (χ0) is 12.4. The molecule has 1 fully saturated rings. The van der Waals surface area contributed by atoms with Gasteiger partial charge in [-0.1, -0.05) is 12.1 Å². The molecule has 1 N–H and O–H groups in total. The van der Waals surface area contributed by atoms with Crippen molar-refractivity contribution in [3.63, 3.8) is 0 Å². The first-order valence-corrected chi connectivity index (χ1v) is 7.02. The Labute approximate surface area is 110 Å². The highest BCUT2D eigenvalue weighted by atomic mass is 32.1. The molecule has 94 valence electrons. The third-order valence-corrected chi connectivity index (χ3v) is 4.16. The fraction of sp³-hybridized carbons (Fsp3) is 0.385. The van der Waals surface area contributed by atoms with Crippen molar-refractivity contribution in [3.05, 3.63) is 29.3 Å². The van der Waals surface area contributed by atoms with Gasteiger partial charge in [-0.2, -0.15) is 0 Å². The fourth-order valence-corrected chi connectivity index (χ4v) is 3.09. The van der Waals surface area contributed by atoms with Crippen LogP contribution in [0.5, 0.6) is 0 Å². The summed E-state index contributed by atoms with van der Waals surface area (Å²) in [6.07, 6.45) is 2.24. The third-order valence-electron chi connectivity index (χ3n) is 3.12. The molecule has 4 nitrogen and oxygen atoms in total. The van der Waals surface area contributed by atoms with Crippen LogP contribution in [0, 0.1) is 0 Å². The van der Waals surface area contributed by atoms with Crippen molar-refractivity contribution in [2.24, 2.45) is 0 Å². The van der Waals surface area contributed by atoms with Crippen LogP contribution < -0.4 is 5.32 Å². The van der Waals surface area contributed by atoms with Crippen LogP contribution in [0.4, 0.5) is 4.79 Å². The van der Waals surface area contributed by atoms with E-state index in [1.165, 1.54) is 4.70 Å². The molecule has 0 saturated carbocycles. The average Bonchev–Trinajstić information content (AvgIpc) is 3.04. The van der Waals surface area contributed by atoms with E-state index in [0.29, 0.717) is 6.54 Å². The molecular weight excluding hydrogens is 246 g/mol. The lowest BCUT2D eigenvalue weighted by atomic mass is 10.3. The van der Waals surface area contributed by atoms with Gasteiger partial charge in [0.25, 0.3) is 0 Å². The molecule has 3 rings (SSSR count). The molecule has 1 aromatic heterocycles. The molecule has 0 radical (unpaired) electrons. The lowest BCUT2D eigenvalue weighted by molar-refractivity contribution is 0.208. The highest BCUT2D eigenvalue weighted by Gasteiger charge is 2.17. The van der Waals surface area contributed by atoms with Crippen molar-refractivity contribution in [2.45, 2.75) is 19.4 Å². The SMILES string of the molecule is O=C(NCc1nc2ccccc2s1)N1CCCC1. The summed E-state index contributed by atoms with van der Waals surface area (Å²) < 4.78 is 1.17. The Bertz CT molecular complexity index is 527. The predicted octanol–water partition coefficient (Wildman–Crippen LogP) is 2.60. The minimum atomic E-state index is 0.0340. The third kappa shape index (κ3) is 2.31. The van der Waals surface area contributed by atoms with Gasteiger partial charge in [0.2, 0.25) is 0 Å². The number of benzene rings is 1. The molecule has 18 heavy (non-hydrogen) atoms. The van der Waals surface area contributed by atoms with Gasteiger partial charge >= 0.3 is 6.03 Å². The van der Waals surface area contributed by atoms with Crippen molar-refractivity contribution in [3.8, 4) is 0 Å². The van der Waals surface area contributed by atoms with Crippen LogP contribution in [-0.4, -0.2) is 29.0 Å². The Kier molecular flexibility index (Phi) is 3.15. The molecular formula is C13H15N3OS. The van der Waals surface area contributed by atoms with E-state index in [1.54, 1.807) is 11.3 Å².